The van der Waals surface area contributed by atoms with Crippen LogP contribution in [-0.4, -0.2) is 18.0 Å². The Bertz CT molecular complexity index is 540. The molecule has 0 unspecified atom stereocenters. The van der Waals surface area contributed by atoms with Gasteiger partial charge >= 0.3 is 5.97 Å². The lowest BCUT2D eigenvalue weighted by atomic mass is 9.79. The average Bonchev–Trinajstić information content (AvgIpc) is 3.00. The van der Waals surface area contributed by atoms with Crippen molar-refractivity contribution >= 4 is 17.6 Å². The van der Waals surface area contributed by atoms with Crippen LogP contribution in [0.25, 0.3) is 0 Å². The molecule has 4 heteroatoms. The third kappa shape index (κ3) is 1.52. The van der Waals surface area contributed by atoms with E-state index in [4.69, 9.17) is 4.74 Å². The molecule has 0 spiro atoms. The number of carbonyl (C=O) groups is 2. The van der Waals surface area contributed by atoms with Crippen molar-refractivity contribution in [2.45, 2.75) is 18.9 Å². The zero-order chi connectivity index (χ0) is 13.0. The van der Waals surface area contributed by atoms with Gasteiger partial charge in [-0.1, -0.05) is 18.2 Å². The first-order valence-corrected chi connectivity index (χ1v) is 6.80. The normalized spacial score (nSPS) is 38.3. The second-order valence-corrected chi connectivity index (χ2v) is 5.78. The minimum absolute atomic E-state index is 0.0269. The number of amides is 1. The van der Waals surface area contributed by atoms with Crippen LogP contribution in [0.3, 0.4) is 0 Å². The number of benzene rings is 1. The highest BCUT2D eigenvalue weighted by Gasteiger charge is 2.63. The Labute approximate surface area is 111 Å². The molecule has 3 fully saturated rings. The fourth-order valence-corrected chi connectivity index (χ4v) is 4.11. The highest BCUT2D eigenvalue weighted by molar-refractivity contribution is 5.96. The first kappa shape index (κ1) is 11.0. The summed E-state index contributed by atoms with van der Waals surface area (Å²) in [7, 11) is 0. The molecule has 1 heterocycles. The van der Waals surface area contributed by atoms with Gasteiger partial charge in [0.15, 0.2) is 0 Å². The molecular formula is C15H15NO3. The number of ether oxygens (including phenoxy) is 1. The van der Waals surface area contributed by atoms with Crippen molar-refractivity contribution in [3.8, 4) is 0 Å². The summed E-state index contributed by atoms with van der Waals surface area (Å²) in [4.78, 5) is 24.3. The number of fused-ring (bicyclic) bond motifs is 1. The Morgan fingerprint density at radius 1 is 1.21 bits per heavy atom. The van der Waals surface area contributed by atoms with Gasteiger partial charge in [-0.2, -0.15) is 0 Å². The van der Waals surface area contributed by atoms with Gasteiger partial charge in [0.05, 0.1) is 11.8 Å². The number of hydrogen-bond donors (Lipinski definition) is 1. The van der Waals surface area contributed by atoms with Crippen molar-refractivity contribution in [1.82, 2.24) is 0 Å². The monoisotopic (exact) mass is 257 g/mol. The molecule has 1 saturated heterocycles. The van der Waals surface area contributed by atoms with E-state index in [0.717, 1.165) is 18.5 Å². The van der Waals surface area contributed by atoms with Crippen molar-refractivity contribution in [1.29, 1.82) is 0 Å². The van der Waals surface area contributed by atoms with Gasteiger partial charge in [-0.15, -0.1) is 0 Å². The number of carbonyl (C=O) groups excluding carboxylic acids is 2. The third-order valence-corrected chi connectivity index (χ3v) is 4.83. The molecule has 0 radical (unpaired) electrons. The Balaban J connectivity index is 1.57. The van der Waals surface area contributed by atoms with E-state index >= 15 is 0 Å². The summed E-state index contributed by atoms with van der Waals surface area (Å²) in [5.41, 5.74) is 0.790. The zero-order valence-corrected chi connectivity index (χ0v) is 10.4. The molecule has 98 valence electrons. The van der Waals surface area contributed by atoms with Crippen LogP contribution in [-0.2, 0) is 14.3 Å². The molecule has 4 rings (SSSR count). The van der Waals surface area contributed by atoms with Crippen molar-refractivity contribution in [3.05, 3.63) is 30.3 Å². The van der Waals surface area contributed by atoms with Gasteiger partial charge in [0.2, 0.25) is 5.91 Å². The van der Waals surface area contributed by atoms with Crippen LogP contribution in [0.2, 0.25) is 0 Å². The molecule has 4 nitrogen and oxygen atoms in total. The highest BCUT2D eigenvalue weighted by Crippen LogP contribution is 2.57. The maximum Gasteiger partial charge on any atom is 0.310 e. The first-order valence-electron chi connectivity index (χ1n) is 6.80. The predicted octanol–water partition coefficient (Wildman–Crippen LogP) is 1.82. The summed E-state index contributed by atoms with van der Waals surface area (Å²) in [6.45, 7) is 0. The van der Waals surface area contributed by atoms with Crippen LogP contribution in [0.15, 0.2) is 30.3 Å². The van der Waals surface area contributed by atoms with Crippen LogP contribution < -0.4 is 5.32 Å². The summed E-state index contributed by atoms with van der Waals surface area (Å²) in [6, 6.07) is 9.40. The van der Waals surface area contributed by atoms with Gasteiger partial charge in [0.25, 0.3) is 0 Å². The molecule has 1 aromatic carbocycles. The van der Waals surface area contributed by atoms with E-state index in [1.807, 2.05) is 30.3 Å². The smallest absolute Gasteiger partial charge is 0.310 e. The van der Waals surface area contributed by atoms with Gasteiger partial charge in [-0.3, -0.25) is 9.59 Å². The number of esters is 1. The first-order chi connectivity index (χ1) is 9.24. The van der Waals surface area contributed by atoms with E-state index in [-0.39, 0.29) is 35.7 Å². The van der Waals surface area contributed by atoms with Crippen LogP contribution in [0.4, 0.5) is 5.69 Å². The molecule has 1 aromatic rings. The molecule has 2 saturated carbocycles. The standard InChI is InChI=1S/C15H15NO3/c17-14(16-9-4-2-1-3-5-9)12-8-6-10-11(7-8)19-15(18)13(10)12/h1-5,8,10-13H,6-7H2,(H,16,17)/t8-,10+,11-,12-,13-/m1/s1. The maximum absolute atomic E-state index is 12.4. The minimum atomic E-state index is -0.201. The second-order valence-electron chi connectivity index (χ2n) is 5.78. The Hall–Kier alpha value is -1.84. The average molecular weight is 257 g/mol. The van der Waals surface area contributed by atoms with Crippen molar-refractivity contribution in [2.75, 3.05) is 5.32 Å². The quantitative estimate of drug-likeness (QED) is 0.822. The minimum Gasteiger partial charge on any atom is -0.462 e. The molecule has 1 amide bonds. The number of rotatable bonds is 2. The lowest BCUT2D eigenvalue weighted by Crippen LogP contribution is -2.35. The molecule has 2 aliphatic carbocycles. The number of nitrogens with one attached hydrogen (secondary N) is 1. The lowest BCUT2D eigenvalue weighted by Gasteiger charge is -2.23. The van der Waals surface area contributed by atoms with Gasteiger partial charge in [0.1, 0.15) is 6.10 Å². The predicted molar refractivity (Wildman–Crippen MR) is 68.1 cm³/mol. The van der Waals surface area contributed by atoms with Crippen LogP contribution in [0, 0.1) is 23.7 Å². The van der Waals surface area contributed by atoms with E-state index in [9.17, 15) is 9.59 Å². The fourth-order valence-electron chi connectivity index (χ4n) is 4.11. The third-order valence-electron chi connectivity index (χ3n) is 4.83. The SMILES string of the molecule is O=C(Nc1ccccc1)[C@@H]1[C@@H]2C[C@@H]3[C@H]1C(=O)O[C@@H]3C2. The molecular weight excluding hydrogens is 242 g/mol. The van der Waals surface area contributed by atoms with Crippen LogP contribution in [0.5, 0.6) is 0 Å². The lowest BCUT2D eigenvalue weighted by molar-refractivity contribution is -0.145. The van der Waals surface area contributed by atoms with E-state index in [1.54, 1.807) is 0 Å². The summed E-state index contributed by atoms with van der Waals surface area (Å²) < 4.78 is 5.35. The van der Waals surface area contributed by atoms with Gasteiger partial charge < -0.3 is 10.1 Å². The molecule has 5 atom stereocenters. The van der Waals surface area contributed by atoms with Gasteiger partial charge in [-0.05, 0) is 30.9 Å². The molecule has 2 bridgehead atoms. The largest absolute Gasteiger partial charge is 0.462 e. The molecule has 0 aromatic heterocycles. The number of anilines is 1. The Morgan fingerprint density at radius 2 is 2.00 bits per heavy atom. The number of para-hydroxylation sites is 1. The van der Waals surface area contributed by atoms with Crippen LogP contribution in [0.1, 0.15) is 12.8 Å². The molecule has 1 N–H and O–H groups in total. The van der Waals surface area contributed by atoms with E-state index in [1.165, 1.54) is 0 Å². The van der Waals surface area contributed by atoms with Gasteiger partial charge in [0, 0.05) is 11.6 Å². The summed E-state index contributed by atoms with van der Waals surface area (Å²) in [6.07, 6.45) is 1.91. The molecule has 19 heavy (non-hydrogen) atoms. The Morgan fingerprint density at radius 3 is 2.79 bits per heavy atom. The Kier molecular flexibility index (Phi) is 2.22. The van der Waals surface area contributed by atoms with Gasteiger partial charge in [-0.25, -0.2) is 0 Å². The highest BCUT2D eigenvalue weighted by atomic mass is 16.6. The van der Waals surface area contributed by atoms with Crippen molar-refractivity contribution < 1.29 is 14.3 Å². The zero-order valence-electron chi connectivity index (χ0n) is 10.4. The topological polar surface area (TPSA) is 55.4 Å². The van der Waals surface area contributed by atoms with Crippen LogP contribution >= 0.6 is 0 Å². The molecule has 3 aliphatic rings. The van der Waals surface area contributed by atoms with E-state index in [0.29, 0.717) is 5.92 Å². The summed E-state index contributed by atoms with van der Waals surface area (Å²) in [5.74, 6) is 0.00677. The summed E-state index contributed by atoms with van der Waals surface area (Å²) >= 11 is 0. The number of hydrogen-bond acceptors (Lipinski definition) is 3. The second kappa shape index (κ2) is 3.83. The van der Waals surface area contributed by atoms with E-state index in [2.05, 4.69) is 5.32 Å². The van der Waals surface area contributed by atoms with E-state index < -0.39 is 0 Å². The molecule has 1 aliphatic heterocycles. The fraction of sp³-hybridized carbons (Fsp3) is 0.467. The van der Waals surface area contributed by atoms with Crippen molar-refractivity contribution in [2.24, 2.45) is 23.7 Å². The maximum atomic E-state index is 12.4. The van der Waals surface area contributed by atoms with Crippen molar-refractivity contribution in [3.63, 3.8) is 0 Å². The summed E-state index contributed by atoms with van der Waals surface area (Å²) in [5, 5.41) is 2.93.